The quantitative estimate of drug-likeness (QED) is 0.591. The molecule has 0 aromatic heterocycles. The zero-order valence-corrected chi connectivity index (χ0v) is 12.4. The molecule has 0 fully saturated rings. The predicted octanol–water partition coefficient (Wildman–Crippen LogP) is 2.75. The van der Waals surface area contributed by atoms with Gasteiger partial charge in [-0.1, -0.05) is 12.1 Å². The summed E-state index contributed by atoms with van der Waals surface area (Å²) in [6, 6.07) is 7.17. The second kappa shape index (κ2) is 5.52. The van der Waals surface area contributed by atoms with Gasteiger partial charge in [0.1, 0.15) is 5.60 Å². The first-order chi connectivity index (χ1) is 8.22. The average molecular weight is 314 g/mol. The van der Waals surface area contributed by atoms with E-state index in [-0.39, 0.29) is 0 Å². The van der Waals surface area contributed by atoms with E-state index < -0.39 is 17.5 Å². The van der Waals surface area contributed by atoms with Gasteiger partial charge in [-0.2, -0.15) is 0 Å². The molecule has 0 aliphatic carbocycles. The lowest BCUT2D eigenvalue weighted by Gasteiger charge is -2.22. The lowest BCUT2D eigenvalue weighted by Crippen LogP contribution is -2.38. The number of rotatable bonds is 1. The monoisotopic (exact) mass is 313 g/mol. The summed E-state index contributed by atoms with van der Waals surface area (Å²) in [6.07, 6.45) is 0. The number of amides is 1. The maximum Gasteiger partial charge on any atom is 0.397 e. The lowest BCUT2D eigenvalue weighted by molar-refractivity contribution is -0.162. The maximum atomic E-state index is 11.9. The molecule has 0 unspecified atom stereocenters. The highest BCUT2D eigenvalue weighted by Crippen LogP contribution is 2.25. The van der Waals surface area contributed by atoms with Crippen molar-refractivity contribution in [1.29, 1.82) is 0 Å². The van der Waals surface area contributed by atoms with Gasteiger partial charge < -0.3 is 9.64 Å². The third-order valence-corrected chi connectivity index (χ3v) is 2.76. The number of anilines is 1. The molecular formula is C13H16BrNO3. The number of carbonyl (C=O) groups excluding carboxylic acids is 2. The van der Waals surface area contributed by atoms with E-state index in [4.69, 9.17) is 4.74 Å². The van der Waals surface area contributed by atoms with Gasteiger partial charge in [-0.25, -0.2) is 4.79 Å². The van der Waals surface area contributed by atoms with Crippen molar-refractivity contribution in [2.75, 3.05) is 11.9 Å². The highest BCUT2D eigenvalue weighted by atomic mass is 79.9. The van der Waals surface area contributed by atoms with Crippen LogP contribution < -0.4 is 4.90 Å². The van der Waals surface area contributed by atoms with Crippen molar-refractivity contribution in [3.05, 3.63) is 28.7 Å². The van der Waals surface area contributed by atoms with E-state index in [1.807, 2.05) is 6.07 Å². The van der Waals surface area contributed by atoms with E-state index in [2.05, 4.69) is 15.9 Å². The molecule has 0 atom stereocenters. The molecule has 0 aliphatic heterocycles. The van der Waals surface area contributed by atoms with Crippen LogP contribution in [0, 0.1) is 0 Å². The molecule has 0 heterocycles. The van der Waals surface area contributed by atoms with Crippen LogP contribution >= 0.6 is 15.9 Å². The predicted molar refractivity (Wildman–Crippen MR) is 73.4 cm³/mol. The number of carbonyl (C=O) groups is 2. The standard InChI is InChI=1S/C13H16BrNO3/c1-13(2,3)18-12(17)11(16)15(4)10-8-6-5-7-9(10)14/h5-8H,1-4H3. The van der Waals surface area contributed by atoms with Crippen molar-refractivity contribution in [3.8, 4) is 0 Å². The van der Waals surface area contributed by atoms with Crippen LogP contribution in [-0.2, 0) is 14.3 Å². The molecule has 0 radical (unpaired) electrons. The molecule has 0 bridgehead atoms. The summed E-state index contributed by atoms with van der Waals surface area (Å²) in [7, 11) is 1.53. The average Bonchev–Trinajstić information content (AvgIpc) is 2.25. The summed E-state index contributed by atoms with van der Waals surface area (Å²) < 4.78 is 5.78. The molecule has 1 amide bonds. The van der Waals surface area contributed by atoms with Gasteiger partial charge in [0.2, 0.25) is 0 Å². The van der Waals surface area contributed by atoms with Crippen LogP contribution in [0.5, 0.6) is 0 Å². The third-order valence-electron chi connectivity index (χ3n) is 2.09. The summed E-state index contributed by atoms with van der Waals surface area (Å²) in [5, 5.41) is 0. The van der Waals surface area contributed by atoms with Crippen molar-refractivity contribution in [1.82, 2.24) is 0 Å². The molecule has 0 aliphatic rings. The highest BCUT2D eigenvalue weighted by Gasteiger charge is 2.27. The van der Waals surface area contributed by atoms with E-state index >= 15 is 0 Å². The van der Waals surface area contributed by atoms with Crippen LogP contribution in [0.1, 0.15) is 20.8 Å². The molecule has 0 saturated heterocycles. The summed E-state index contributed by atoms with van der Waals surface area (Å²) in [5.74, 6) is -1.56. The SMILES string of the molecule is CN(C(=O)C(=O)OC(C)(C)C)c1ccccc1Br. The second-order valence-electron chi connectivity index (χ2n) is 4.82. The number of para-hydroxylation sites is 1. The fourth-order valence-electron chi connectivity index (χ4n) is 1.29. The summed E-state index contributed by atoms with van der Waals surface area (Å²) in [4.78, 5) is 24.8. The first-order valence-electron chi connectivity index (χ1n) is 5.48. The highest BCUT2D eigenvalue weighted by molar-refractivity contribution is 9.10. The van der Waals surface area contributed by atoms with Crippen LogP contribution in [-0.4, -0.2) is 24.5 Å². The topological polar surface area (TPSA) is 46.6 Å². The Morgan fingerprint density at radius 3 is 2.28 bits per heavy atom. The van der Waals surface area contributed by atoms with Gasteiger partial charge in [0.25, 0.3) is 0 Å². The number of benzene rings is 1. The number of hydrogen-bond donors (Lipinski definition) is 0. The van der Waals surface area contributed by atoms with Gasteiger partial charge in [-0.3, -0.25) is 4.79 Å². The second-order valence-corrected chi connectivity index (χ2v) is 5.67. The van der Waals surface area contributed by atoms with Crippen molar-refractivity contribution in [2.45, 2.75) is 26.4 Å². The van der Waals surface area contributed by atoms with Gasteiger partial charge in [-0.15, -0.1) is 0 Å². The normalized spacial score (nSPS) is 10.9. The Morgan fingerprint density at radius 2 is 1.78 bits per heavy atom. The molecule has 0 spiro atoms. The van der Waals surface area contributed by atoms with Gasteiger partial charge in [0, 0.05) is 11.5 Å². The molecule has 1 aromatic carbocycles. The van der Waals surface area contributed by atoms with Crippen LogP contribution in [0.2, 0.25) is 0 Å². The Hall–Kier alpha value is -1.36. The molecule has 1 aromatic rings. The van der Waals surface area contributed by atoms with Crippen molar-refractivity contribution in [3.63, 3.8) is 0 Å². The zero-order chi connectivity index (χ0) is 13.9. The fourth-order valence-corrected chi connectivity index (χ4v) is 1.84. The first-order valence-corrected chi connectivity index (χ1v) is 6.27. The van der Waals surface area contributed by atoms with Crippen LogP contribution in [0.15, 0.2) is 28.7 Å². The minimum atomic E-state index is -0.860. The van der Waals surface area contributed by atoms with Crippen molar-refractivity contribution < 1.29 is 14.3 Å². The van der Waals surface area contributed by atoms with Gasteiger partial charge in [0.05, 0.1) is 5.69 Å². The lowest BCUT2D eigenvalue weighted by atomic mass is 10.2. The van der Waals surface area contributed by atoms with E-state index in [9.17, 15) is 9.59 Å². The number of hydrogen-bond acceptors (Lipinski definition) is 3. The number of esters is 1. The van der Waals surface area contributed by atoms with Crippen molar-refractivity contribution in [2.24, 2.45) is 0 Å². The zero-order valence-electron chi connectivity index (χ0n) is 10.9. The van der Waals surface area contributed by atoms with Crippen LogP contribution in [0.3, 0.4) is 0 Å². The number of likely N-dealkylation sites (N-methyl/N-ethyl adjacent to an activating group) is 1. The number of ether oxygens (including phenoxy) is 1. The third kappa shape index (κ3) is 3.84. The number of halogens is 1. The minimum Gasteiger partial charge on any atom is -0.453 e. The van der Waals surface area contributed by atoms with Crippen LogP contribution in [0.25, 0.3) is 0 Å². The van der Waals surface area contributed by atoms with Crippen LogP contribution in [0.4, 0.5) is 5.69 Å². The summed E-state index contributed by atoms with van der Waals surface area (Å²) in [5.41, 5.74) is -0.0602. The molecular weight excluding hydrogens is 298 g/mol. The van der Waals surface area contributed by atoms with E-state index in [1.54, 1.807) is 39.0 Å². The maximum absolute atomic E-state index is 11.9. The Morgan fingerprint density at radius 1 is 1.22 bits per heavy atom. The molecule has 4 nitrogen and oxygen atoms in total. The molecule has 18 heavy (non-hydrogen) atoms. The Balaban J connectivity index is 2.85. The largest absolute Gasteiger partial charge is 0.453 e. The Kier molecular flexibility index (Phi) is 4.51. The van der Waals surface area contributed by atoms with E-state index in [1.165, 1.54) is 11.9 Å². The fraction of sp³-hybridized carbons (Fsp3) is 0.385. The van der Waals surface area contributed by atoms with Gasteiger partial charge in [-0.05, 0) is 48.8 Å². The Labute approximate surface area is 115 Å². The minimum absolute atomic E-state index is 0.619. The summed E-state index contributed by atoms with van der Waals surface area (Å²) in [6.45, 7) is 5.16. The van der Waals surface area contributed by atoms with E-state index in [0.717, 1.165) is 4.47 Å². The summed E-state index contributed by atoms with van der Waals surface area (Å²) >= 11 is 3.33. The van der Waals surface area contributed by atoms with Gasteiger partial charge in [0.15, 0.2) is 0 Å². The molecule has 0 saturated carbocycles. The first kappa shape index (κ1) is 14.7. The smallest absolute Gasteiger partial charge is 0.397 e. The number of nitrogens with zero attached hydrogens (tertiary/aromatic N) is 1. The van der Waals surface area contributed by atoms with Gasteiger partial charge >= 0.3 is 11.9 Å². The van der Waals surface area contributed by atoms with E-state index in [0.29, 0.717) is 5.69 Å². The molecule has 5 heteroatoms. The molecule has 98 valence electrons. The van der Waals surface area contributed by atoms with Crippen molar-refractivity contribution >= 4 is 33.5 Å². The molecule has 0 N–H and O–H groups in total. The Bertz CT molecular complexity index is 466. The molecule has 1 rings (SSSR count).